The van der Waals surface area contributed by atoms with Gasteiger partial charge in [0, 0.05) is 49.0 Å². The van der Waals surface area contributed by atoms with E-state index in [1.165, 1.54) is 24.3 Å². The number of amides is 2. The van der Waals surface area contributed by atoms with Crippen molar-refractivity contribution < 1.29 is 14.0 Å². The lowest BCUT2D eigenvalue weighted by Gasteiger charge is -2.34. The van der Waals surface area contributed by atoms with Gasteiger partial charge in [0.25, 0.3) is 11.8 Å². The summed E-state index contributed by atoms with van der Waals surface area (Å²) < 4.78 is 14.1. The van der Waals surface area contributed by atoms with Gasteiger partial charge in [-0.25, -0.2) is 4.39 Å². The van der Waals surface area contributed by atoms with E-state index in [9.17, 15) is 14.0 Å². The molecule has 2 heterocycles. The van der Waals surface area contributed by atoms with Gasteiger partial charge in [-0.2, -0.15) is 5.26 Å². The minimum Gasteiger partial charge on any atom is -0.333 e. The van der Waals surface area contributed by atoms with Crippen molar-refractivity contribution in [3.05, 3.63) is 65.0 Å². The van der Waals surface area contributed by atoms with Crippen LogP contribution in [-0.2, 0) is 0 Å². The number of hydrogen-bond donors (Lipinski definition) is 1. The average molecular weight is 378 g/mol. The Kier molecular flexibility index (Phi) is 4.80. The zero-order valence-corrected chi connectivity index (χ0v) is 15.2. The van der Waals surface area contributed by atoms with E-state index in [1.54, 1.807) is 23.1 Å². The Morgan fingerprint density at radius 2 is 1.96 bits per heavy atom. The molecule has 0 saturated carbocycles. The van der Waals surface area contributed by atoms with E-state index in [0.717, 1.165) is 26.1 Å². The van der Waals surface area contributed by atoms with E-state index in [-0.39, 0.29) is 23.2 Å². The highest BCUT2D eigenvalue weighted by atomic mass is 19.1. The van der Waals surface area contributed by atoms with Crippen molar-refractivity contribution in [3.8, 4) is 6.07 Å². The molecular formula is C21H19FN4O2. The number of nitriles is 1. The second-order valence-corrected chi connectivity index (χ2v) is 7.12. The average Bonchev–Trinajstić information content (AvgIpc) is 3.08. The number of nitrogens with one attached hydrogen (secondary N) is 1. The molecule has 2 aromatic carbocycles. The molecule has 0 aromatic heterocycles. The summed E-state index contributed by atoms with van der Waals surface area (Å²) in [6.45, 7) is 3.31. The van der Waals surface area contributed by atoms with Gasteiger partial charge in [-0.1, -0.05) is 6.07 Å². The maximum Gasteiger partial charge on any atom is 0.255 e. The first-order valence-corrected chi connectivity index (χ1v) is 9.19. The molecule has 28 heavy (non-hydrogen) atoms. The number of benzene rings is 2. The molecule has 1 N–H and O–H groups in total. The van der Waals surface area contributed by atoms with Crippen LogP contribution < -0.4 is 5.32 Å². The molecule has 7 heteroatoms. The summed E-state index contributed by atoms with van der Waals surface area (Å²) in [6.07, 6.45) is 0.930. The fourth-order valence-corrected chi connectivity index (χ4v) is 3.85. The fourth-order valence-electron chi connectivity index (χ4n) is 3.85. The van der Waals surface area contributed by atoms with Crippen molar-refractivity contribution in [1.29, 1.82) is 5.26 Å². The number of rotatable bonds is 3. The molecule has 2 unspecified atom stereocenters. The minimum atomic E-state index is -0.586. The topological polar surface area (TPSA) is 76.4 Å². The number of fused-ring (bicyclic) bond motifs is 2. The van der Waals surface area contributed by atoms with Crippen LogP contribution in [0.4, 0.5) is 10.1 Å². The first-order valence-electron chi connectivity index (χ1n) is 9.19. The Morgan fingerprint density at radius 1 is 1.11 bits per heavy atom. The predicted molar refractivity (Wildman–Crippen MR) is 101 cm³/mol. The first-order chi connectivity index (χ1) is 13.5. The van der Waals surface area contributed by atoms with E-state index in [4.69, 9.17) is 5.26 Å². The lowest BCUT2D eigenvalue weighted by molar-refractivity contribution is 0.0608. The van der Waals surface area contributed by atoms with Crippen molar-refractivity contribution in [2.75, 3.05) is 31.5 Å². The normalized spacial score (nSPS) is 20.5. The summed E-state index contributed by atoms with van der Waals surface area (Å²) in [5.74, 6) is -1.27. The van der Waals surface area contributed by atoms with Crippen LogP contribution in [0.25, 0.3) is 0 Å². The van der Waals surface area contributed by atoms with Crippen molar-refractivity contribution in [1.82, 2.24) is 9.80 Å². The standard InChI is InChI=1S/C21H19FN4O2/c22-17-9-16(21(28)26-7-6-25-5-4-19(26)13-25)10-18(11-17)24-20(27)15-3-1-2-14(8-15)12-23/h1-3,8-11,19H,4-7,13H2,(H,24,27). The first kappa shape index (κ1) is 18.1. The molecule has 2 aliphatic heterocycles. The molecule has 0 aliphatic carbocycles. The SMILES string of the molecule is N#Cc1cccc(C(=O)Nc2cc(F)cc(C(=O)N3CCN4CCC3C4)c2)c1. The van der Waals surface area contributed by atoms with E-state index >= 15 is 0 Å². The second-order valence-electron chi connectivity index (χ2n) is 7.12. The van der Waals surface area contributed by atoms with E-state index in [0.29, 0.717) is 17.7 Å². The smallest absolute Gasteiger partial charge is 0.255 e. The van der Waals surface area contributed by atoms with E-state index in [1.807, 2.05) is 6.07 Å². The quantitative estimate of drug-likeness (QED) is 0.890. The molecule has 142 valence electrons. The molecule has 2 saturated heterocycles. The third-order valence-corrected chi connectivity index (χ3v) is 5.26. The van der Waals surface area contributed by atoms with E-state index < -0.39 is 11.7 Å². The lowest BCUT2D eigenvalue weighted by Crippen LogP contribution is -2.49. The largest absolute Gasteiger partial charge is 0.333 e. The monoisotopic (exact) mass is 378 g/mol. The minimum absolute atomic E-state index is 0.163. The van der Waals surface area contributed by atoms with Crippen molar-refractivity contribution in [2.45, 2.75) is 12.5 Å². The summed E-state index contributed by atoms with van der Waals surface area (Å²) in [5.41, 5.74) is 1.08. The zero-order chi connectivity index (χ0) is 19.7. The molecule has 2 amide bonds. The van der Waals surface area contributed by atoms with Gasteiger partial charge in [0.05, 0.1) is 11.6 Å². The molecule has 4 rings (SSSR count). The summed E-state index contributed by atoms with van der Waals surface area (Å²) in [4.78, 5) is 29.5. The molecular weight excluding hydrogens is 359 g/mol. The Morgan fingerprint density at radius 3 is 2.79 bits per heavy atom. The van der Waals surface area contributed by atoms with Gasteiger partial charge in [0.15, 0.2) is 0 Å². The lowest BCUT2D eigenvalue weighted by atomic mass is 10.1. The highest BCUT2D eigenvalue weighted by Gasteiger charge is 2.35. The highest BCUT2D eigenvalue weighted by molar-refractivity contribution is 6.05. The molecule has 2 bridgehead atoms. The van der Waals surface area contributed by atoms with Gasteiger partial charge >= 0.3 is 0 Å². The number of piperazine rings is 1. The Balaban J connectivity index is 1.54. The molecule has 2 atom stereocenters. The number of anilines is 1. The summed E-state index contributed by atoms with van der Waals surface area (Å²) >= 11 is 0. The summed E-state index contributed by atoms with van der Waals surface area (Å²) in [5, 5.41) is 11.6. The summed E-state index contributed by atoms with van der Waals surface area (Å²) in [6, 6.07) is 12.2. The molecule has 6 nitrogen and oxygen atoms in total. The van der Waals surface area contributed by atoms with Crippen LogP contribution in [0.15, 0.2) is 42.5 Å². The van der Waals surface area contributed by atoms with Crippen LogP contribution in [0, 0.1) is 17.1 Å². The van der Waals surface area contributed by atoms with Gasteiger partial charge in [0.1, 0.15) is 5.82 Å². The zero-order valence-electron chi connectivity index (χ0n) is 15.2. The Labute approximate surface area is 162 Å². The van der Waals surface area contributed by atoms with Gasteiger partial charge in [0.2, 0.25) is 0 Å². The number of carbonyl (C=O) groups is 2. The summed E-state index contributed by atoms with van der Waals surface area (Å²) in [7, 11) is 0. The van der Waals surface area contributed by atoms with Gasteiger partial charge in [-0.05, 0) is 42.8 Å². The van der Waals surface area contributed by atoms with Crippen molar-refractivity contribution in [3.63, 3.8) is 0 Å². The van der Waals surface area contributed by atoms with Crippen LogP contribution in [-0.4, -0.2) is 53.8 Å². The number of halogens is 1. The molecule has 0 radical (unpaired) electrons. The molecule has 2 fully saturated rings. The Hall–Kier alpha value is -3.24. The Bertz CT molecular complexity index is 985. The third kappa shape index (κ3) is 3.59. The number of nitrogens with zero attached hydrogens (tertiary/aromatic N) is 3. The van der Waals surface area contributed by atoms with Crippen LogP contribution in [0.2, 0.25) is 0 Å². The molecule has 2 aliphatic rings. The van der Waals surface area contributed by atoms with Gasteiger partial charge in [-0.15, -0.1) is 0 Å². The number of hydrogen-bond acceptors (Lipinski definition) is 4. The maximum absolute atomic E-state index is 14.1. The van der Waals surface area contributed by atoms with Crippen LogP contribution in [0.1, 0.15) is 32.7 Å². The van der Waals surface area contributed by atoms with Crippen LogP contribution in [0.5, 0.6) is 0 Å². The molecule has 2 aromatic rings. The van der Waals surface area contributed by atoms with Crippen molar-refractivity contribution in [2.24, 2.45) is 0 Å². The number of carbonyl (C=O) groups excluding carboxylic acids is 2. The van der Waals surface area contributed by atoms with Gasteiger partial charge < -0.3 is 10.2 Å². The van der Waals surface area contributed by atoms with E-state index in [2.05, 4.69) is 10.2 Å². The maximum atomic E-state index is 14.1. The van der Waals surface area contributed by atoms with Crippen molar-refractivity contribution >= 4 is 17.5 Å². The predicted octanol–water partition coefficient (Wildman–Crippen LogP) is 2.48. The van der Waals surface area contributed by atoms with Crippen LogP contribution >= 0.6 is 0 Å². The highest BCUT2D eigenvalue weighted by Crippen LogP contribution is 2.24. The fraction of sp³-hybridized carbons (Fsp3) is 0.286. The second kappa shape index (κ2) is 7.41. The van der Waals surface area contributed by atoms with Crippen LogP contribution in [0.3, 0.4) is 0 Å². The molecule has 0 spiro atoms. The van der Waals surface area contributed by atoms with Gasteiger partial charge in [-0.3, -0.25) is 14.5 Å². The third-order valence-electron chi connectivity index (χ3n) is 5.26.